The van der Waals surface area contributed by atoms with Gasteiger partial charge in [0.05, 0.1) is 6.54 Å². The number of benzene rings is 1. The van der Waals surface area contributed by atoms with Crippen LogP contribution in [0.25, 0.3) is 0 Å². The normalized spacial score (nSPS) is 10.8. The summed E-state index contributed by atoms with van der Waals surface area (Å²) >= 11 is 0. The van der Waals surface area contributed by atoms with E-state index in [2.05, 4.69) is 22.0 Å². The molecule has 106 valence electrons. The number of nitrogens with one attached hydrogen (secondary N) is 1. The Hall–Kier alpha value is -1.87. The molecule has 1 N–H and O–H groups in total. The van der Waals surface area contributed by atoms with E-state index < -0.39 is 0 Å². The van der Waals surface area contributed by atoms with Crippen LogP contribution >= 0.6 is 0 Å². The number of carbonyl (C=O) groups excluding carboxylic acids is 1. The second kappa shape index (κ2) is 6.53. The number of aryl methyl sites for hydroxylation is 1. The van der Waals surface area contributed by atoms with Crippen molar-refractivity contribution in [2.45, 2.75) is 20.3 Å². The van der Waals surface area contributed by atoms with Crippen LogP contribution in [-0.4, -0.2) is 23.4 Å². The summed E-state index contributed by atoms with van der Waals surface area (Å²) in [6.45, 7) is 5.23. The van der Waals surface area contributed by atoms with Gasteiger partial charge in [0, 0.05) is 24.0 Å². The Bertz CT molecular complexity index is 585. The van der Waals surface area contributed by atoms with Crippen LogP contribution in [-0.2, 0) is 13.5 Å². The molecule has 0 saturated heterocycles. The molecule has 0 bridgehead atoms. The summed E-state index contributed by atoms with van der Waals surface area (Å²) in [5, 5.41) is 3.23. The molecular formula is C17H22N2O. The molecule has 0 aliphatic carbocycles. The van der Waals surface area contributed by atoms with Gasteiger partial charge in [-0.2, -0.15) is 0 Å². The molecule has 2 rings (SSSR count). The zero-order chi connectivity index (χ0) is 14.5. The number of ketones is 1. The first kappa shape index (κ1) is 14.5. The largest absolute Gasteiger partial charge is 0.351 e. The molecule has 0 aliphatic rings. The molecule has 0 spiro atoms. The minimum Gasteiger partial charge on any atom is -0.351 e. The SMILES string of the molecule is Cc1cc(C(=O)CNCCc2ccccc2)c(C)n1C. The van der Waals surface area contributed by atoms with E-state index in [0.29, 0.717) is 6.54 Å². The summed E-state index contributed by atoms with van der Waals surface area (Å²) in [5.74, 6) is 0.166. The van der Waals surface area contributed by atoms with Gasteiger partial charge >= 0.3 is 0 Å². The fourth-order valence-electron chi connectivity index (χ4n) is 2.31. The summed E-state index contributed by atoms with van der Waals surface area (Å²) in [5.41, 5.74) is 4.28. The minimum absolute atomic E-state index is 0.166. The van der Waals surface area contributed by atoms with Crippen LogP contribution in [0.4, 0.5) is 0 Å². The van der Waals surface area contributed by atoms with Gasteiger partial charge in [0.25, 0.3) is 0 Å². The molecule has 0 radical (unpaired) electrons. The lowest BCUT2D eigenvalue weighted by Gasteiger charge is -2.05. The molecule has 1 aromatic carbocycles. The van der Waals surface area contributed by atoms with Crippen LogP contribution in [0.3, 0.4) is 0 Å². The minimum atomic E-state index is 0.166. The summed E-state index contributed by atoms with van der Waals surface area (Å²) in [7, 11) is 1.99. The molecule has 0 fully saturated rings. The molecule has 2 aromatic rings. The highest BCUT2D eigenvalue weighted by Crippen LogP contribution is 2.13. The van der Waals surface area contributed by atoms with Crippen molar-refractivity contribution in [2.75, 3.05) is 13.1 Å². The Morgan fingerprint density at radius 1 is 1.20 bits per heavy atom. The number of nitrogens with zero attached hydrogens (tertiary/aromatic N) is 1. The van der Waals surface area contributed by atoms with Crippen molar-refractivity contribution >= 4 is 5.78 Å². The van der Waals surface area contributed by atoms with Crippen molar-refractivity contribution in [2.24, 2.45) is 7.05 Å². The highest BCUT2D eigenvalue weighted by molar-refractivity contribution is 5.99. The summed E-state index contributed by atoms with van der Waals surface area (Å²) < 4.78 is 2.05. The molecule has 1 heterocycles. The fourth-order valence-corrected chi connectivity index (χ4v) is 2.31. The van der Waals surface area contributed by atoms with Crippen LogP contribution in [0, 0.1) is 13.8 Å². The Morgan fingerprint density at radius 2 is 1.90 bits per heavy atom. The molecular weight excluding hydrogens is 248 g/mol. The van der Waals surface area contributed by atoms with Gasteiger partial charge in [-0.25, -0.2) is 0 Å². The molecule has 1 aromatic heterocycles. The predicted octanol–water partition coefficient (Wildman–Crippen LogP) is 2.66. The van der Waals surface area contributed by atoms with Crippen LogP contribution < -0.4 is 5.32 Å². The molecule has 0 amide bonds. The first-order valence-corrected chi connectivity index (χ1v) is 7.00. The summed E-state index contributed by atoms with van der Waals surface area (Å²) in [6, 6.07) is 12.3. The van der Waals surface area contributed by atoms with E-state index in [0.717, 1.165) is 29.9 Å². The predicted molar refractivity (Wildman–Crippen MR) is 82.2 cm³/mol. The van der Waals surface area contributed by atoms with E-state index in [9.17, 15) is 4.79 Å². The van der Waals surface area contributed by atoms with Crippen molar-refractivity contribution in [3.8, 4) is 0 Å². The lowest BCUT2D eigenvalue weighted by Crippen LogP contribution is -2.25. The topological polar surface area (TPSA) is 34.0 Å². The Balaban J connectivity index is 1.82. The first-order valence-electron chi connectivity index (χ1n) is 7.00. The van der Waals surface area contributed by atoms with Gasteiger partial charge in [-0.1, -0.05) is 30.3 Å². The van der Waals surface area contributed by atoms with Crippen molar-refractivity contribution < 1.29 is 4.79 Å². The molecule has 0 aliphatic heterocycles. The highest BCUT2D eigenvalue weighted by atomic mass is 16.1. The quantitative estimate of drug-likeness (QED) is 0.647. The number of hydrogen-bond acceptors (Lipinski definition) is 2. The molecule has 20 heavy (non-hydrogen) atoms. The van der Waals surface area contributed by atoms with Gasteiger partial charge in [-0.3, -0.25) is 4.79 Å². The fraction of sp³-hybridized carbons (Fsp3) is 0.353. The van der Waals surface area contributed by atoms with E-state index in [1.165, 1.54) is 5.56 Å². The van der Waals surface area contributed by atoms with Crippen molar-refractivity contribution in [1.29, 1.82) is 0 Å². The first-order chi connectivity index (χ1) is 9.59. The summed E-state index contributed by atoms with van der Waals surface area (Å²) in [4.78, 5) is 12.2. The van der Waals surface area contributed by atoms with E-state index >= 15 is 0 Å². The number of hydrogen-bond donors (Lipinski definition) is 1. The molecule has 3 heteroatoms. The van der Waals surface area contributed by atoms with Crippen LogP contribution in [0.2, 0.25) is 0 Å². The second-order valence-electron chi connectivity index (χ2n) is 5.18. The zero-order valence-corrected chi connectivity index (χ0v) is 12.4. The Morgan fingerprint density at radius 3 is 2.50 bits per heavy atom. The van der Waals surface area contributed by atoms with Gasteiger partial charge in [-0.15, -0.1) is 0 Å². The van der Waals surface area contributed by atoms with Crippen molar-refractivity contribution in [1.82, 2.24) is 9.88 Å². The molecule has 0 unspecified atom stereocenters. The number of Topliss-reactive ketones (excluding diaryl/α,β-unsaturated/α-hetero) is 1. The lowest BCUT2D eigenvalue weighted by molar-refractivity contribution is 0.0990. The van der Waals surface area contributed by atoms with E-state index in [4.69, 9.17) is 0 Å². The maximum absolute atomic E-state index is 12.2. The van der Waals surface area contributed by atoms with E-state index in [1.807, 2.05) is 45.2 Å². The smallest absolute Gasteiger partial charge is 0.178 e. The van der Waals surface area contributed by atoms with Crippen molar-refractivity contribution in [3.05, 3.63) is 58.9 Å². The van der Waals surface area contributed by atoms with Gasteiger partial charge < -0.3 is 9.88 Å². The maximum atomic E-state index is 12.2. The number of aromatic nitrogens is 1. The van der Waals surface area contributed by atoms with Crippen LogP contribution in [0.1, 0.15) is 27.3 Å². The Kier molecular flexibility index (Phi) is 4.74. The van der Waals surface area contributed by atoms with Crippen molar-refractivity contribution in [3.63, 3.8) is 0 Å². The summed E-state index contributed by atoms with van der Waals surface area (Å²) in [6.07, 6.45) is 0.945. The Labute approximate surface area is 120 Å². The van der Waals surface area contributed by atoms with Gasteiger partial charge in [0.15, 0.2) is 5.78 Å². The molecule has 3 nitrogen and oxygen atoms in total. The zero-order valence-electron chi connectivity index (χ0n) is 12.4. The lowest BCUT2D eigenvalue weighted by atomic mass is 10.1. The monoisotopic (exact) mass is 270 g/mol. The van der Waals surface area contributed by atoms with Gasteiger partial charge in [0.2, 0.25) is 0 Å². The highest BCUT2D eigenvalue weighted by Gasteiger charge is 2.13. The third-order valence-corrected chi connectivity index (χ3v) is 3.79. The molecule has 0 saturated carbocycles. The average Bonchev–Trinajstić information content (AvgIpc) is 2.72. The van der Waals surface area contributed by atoms with Crippen LogP contribution in [0.15, 0.2) is 36.4 Å². The molecule has 0 atom stereocenters. The second-order valence-corrected chi connectivity index (χ2v) is 5.18. The average molecular weight is 270 g/mol. The van der Waals surface area contributed by atoms with E-state index in [1.54, 1.807) is 0 Å². The van der Waals surface area contributed by atoms with E-state index in [-0.39, 0.29) is 5.78 Å². The maximum Gasteiger partial charge on any atom is 0.178 e. The van der Waals surface area contributed by atoms with Gasteiger partial charge in [0.1, 0.15) is 0 Å². The van der Waals surface area contributed by atoms with Crippen LogP contribution in [0.5, 0.6) is 0 Å². The van der Waals surface area contributed by atoms with Gasteiger partial charge in [-0.05, 0) is 38.4 Å². The number of carbonyl (C=O) groups is 1. The third kappa shape index (κ3) is 3.36. The number of rotatable bonds is 6. The third-order valence-electron chi connectivity index (χ3n) is 3.79. The standard InChI is InChI=1S/C17H22N2O/c1-13-11-16(14(2)19(13)3)17(20)12-18-10-9-15-7-5-4-6-8-15/h4-8,11,18H,9-10,12H2,1-3H3.